The Labute approximate surface area is 114 Å². The number of rotatable bonds is 4. The molecule has 0 aliphatic carbocycles. The van der Waals surface area contributed by atoms with Crippen molar-refractivity contribution in [1.29, 1.82) is 5.26 Å². The SMILES string of the molecule is CCC(C#N)CN(C)c1ccc2c(c1)nc(C)n2C. The number of aryl methyl sites for hydroxylation is 2. The van der Waals surface area contributed by atoms with E-state index in [1.807, 2.05) is 27.9 Å². The molecule has 19 heavy (non-hydrogen) atoms. The zero-order valence-electron chi connectivity index (χ0n) is 12.0. The summed E-state index contributed by atoms with van der Waals surface area (Å²) in [6.45, 7) is 4.81. The quantitative estimate of drug-likeness (QED) is 0.845. The van der Waals surface area contributed by atoms with Crippen LogP contribution < -0.4 is 4.90 Å². The molecule has 1 aromatic carbocycles. The van der Waals surface area contributed by atoms with Crippen LogP contribution in [0.3, 0.4) is 0 Å². The van der Waals surface area contributed by atoms with E-state index in [0.717, 1.165) is 35.5 Å². The van der Waals surface area contributed by atoms with Gasteiger partial charge in [-0.2, -0.15) is 5.26 Å². The molecular formula is C15H20N4. The Morgan fingerprint density at radius 1 is 1.47 bits per heavy atom. The van der Waals surface area contributed by atoms with E-state index < -0.39 is 0 Å². The van der Waals surface area contributed by atoms with Gasteiger partial charge in [-0.1, -0.05) is 6.92 Å². The lowest BCUT2D eigenvalue weighted by molar-refractivity contribution is 0.631. The van der Waals surface area contributed by atoms with E-state index in [0.29, 0.717) is 0 Å². The highest BCUT2D eigenvalue weighted by Gasteiger charge is 2.11. The summed E-state index contributed by atoms with van der Waals surface area (Å²) < 4.78 is 2.09. The van der Waals surface area contributed by atoms with Crippen LogP contribution in [0.4, 0.5) is 5.69 Å². The fourth-order valence-corrected chi connectivity index (χ4v) is 2.24. The summed E-state index contributed by atoms with van der Waals surface area (Å²) in [5, 5.41) is 9.04. The average Bonchev–Trinajstić information content (AvgIpc) is 2.70. The number of nitrogens with zero attached hydrogens (tertiary/aromatic N) is 4. The lowest BCUT2D eigenvalue weighted by Crippen LogP contribution is -2.24. The minimum Gasteiger partial charge on any atom is -0.373 e. The summed E-state index contributed by atoms with van der Waals surface area (Å²) in [5.41, 5.74) is 3.26. The highest BCUT2D eigenvalue weighted by atomic mass is 15.1. The van der Waals surface area contributed by atoms with Crippen molar-refractivity contribution in [2.45, 2.75) is 20.3 Å². The van der Waals surface area contributed by atoms with Gasteiger partial charge in [-0.25, -0.2) is 4.98 Å². The van der Waals surface area contributed by atoms with Gasteiger partial charge in [0.25, 0.3) is 0 Å². The predicted octanol–water partition coefficient (Wildman–Crippen LogP) is 2.87. The number of benzene rings is 1. The van der Waals surface area contributed by atoms with Crippen LogP contribution in [0, 0.1) is 24.2 Å². The maximum atomic E-state index is 9.04. The molecule has 0 fully saturated rings. The third kappa shape index (κ3) is 2.55. The van der Waals surface area contributed by atoms with E-state index in [-0.39, 0.29) is 5.92 Å². The summed E-state index contributed by atoms with van der Waals surface area (Å²) >= 11 is 0. The molecule has 1 unspecified atom stereocenters. The van der Waals surface area contributed by atoms with Gasteiger partial charge >= 0.3 is 0 Å². The molecule has 100 valence electrons. The van der Waals surface area contributed by atoms with Crippen LogP contribution >= 0.6 is 0 Å². The molecule has 0 N–H and O–H groups in total. The number of hydrogen-bond donors (Lipinski definition) is 0. The smallest absolute Gasteiger partial charge is 0.106 e. The maximum Gasteiger partial charge on any atom is 0.106 e. The summed E-state index contributed by atoms with van der Waals surface area (Å²) in [5.74, 6) is 1.09. The Hall–Kier alpha value is -2.02. The van der Waals surface area contributed by atoms with Gasteiger partial charge in [0.15, 0.2) is 0 Å². The molecule has 0 aliphatic rings. The summed E-state index contributed by atoms with van der Waals surface area (Å²) in [4.78, 5) is 6.67. The predicted molar refractivity (Wildman–Crippen MR) is 78.1 cm³/mol. The maximum absolute atomic E-state index is 9.04. The molecule has 0 saturated heterocycles. The van der Waals surface area contributed by atoms with Crippen LogP contribution in [0.15, 0.2) is 18.2 Å². The summed E-state index contributed by atoms with van der Waals surface area (Å²) in [7, 11) is 4.05. The van der Waals surface area contributed by atoms with Crippen LogP contribution in [0.5, 0.6) is 0 Å². The summed E-state index contributed by atoms with van der Waals surface area (Å²) in [6.07, 6.45) is 0.881. The first-order chi connectivity index (χ1) is 9.06. The van der Waals surface area contributed by atoms with Crippen LogP contribution in [0.25, 0.3) is 11.0 Å². The zero-order chi connectivity index (χ0) is 14.0. The molecule has 0 aliphatic heterocycles. The first-order valence-corrected chi connectivity index (χ1v) is 6.60. The average molecular weight is 256 g/mol. The number of hydrogen-bond acceptors (Lipinski definition) is 3. The second-order valence-electron chi connectivity index (χ2n) is 5.01. The molecule has 0 spiro atoms. The molecule has 1 atom stereocenters. The normalized spacial score (nSPS) is 12.4. The monoisotopic (exact) mass is 256 g/mol. The van der Waals surface area contributed by atoms with Gasteiger partial charge in [0.1, 0.15) is 5.82 Å². The van der Waals surface area contributed by atoms with Gasteiger partial charge in [0.05, 0.1) is 23.0 Å². The van der Waals surface area contributed by atoms with E-state index in [4.69, 9.17) is 5.26 Å². The first kappa shape index (κ1) is 13.4. The van der Waals surface area contributed by atoms with Gasteiger partial charge in [0, 0.05) is 26.3 Å². The Morgan fingerprint density at radius 3 is 2.84 bits per heavy atom. The van der Waals surface area contributed by atoms with Crippen molar-refractivity contribution in [1.82, 2.24) is 9.55 Å². The van der Waals surface area contributed by atoms with Gasteiger partial charge < -0.3 is 9.47 Å². The molecular weight excluding hydrogens is 236 g/mol. The number of anilines is 1. The lowest BCUT2D eigenvalue weighted by atomic mass is 10.1. The minimum absolute atomic E-state index is 0.0752. The first-order valence-electron chi connectivity index (χ1n) is 6.60. The molecule has 0 bridgehead atoms. The molecule has 2 rings (SSSR count). The Bertz CT molecular complexity index is 621. The number of nitriles is 1. The van der Waals surface area contributed by atoms with Gasteiger partial charge in [0.2, 0.25) is 0 Å². The van der Waals surface area contributed by atoms with E-state index in [2.05, 4.69) is 38.7 Å². The Morgan fingerprint density at radius 2 is 2.21 bits per heavy atom. The highest BCUT2D eigenvalue weighted by Crippen LogP contribution is 2.22. The van der Waals surface area contributed by atoms with Gasteiger partial charge in [-0.15, -0.1) is 0 Å². The number of fused-ring (bicyclic) bond motifs is 1. The molecule has 0 amide bonds. The van der Waals surface area contributed by atoms with Gasteiger partial charge in [-0.05, 0) is 31.5 Å². The van der Waals surface area contributed by atoms with E-state index in [9.17, 15) is 0 Å². The van der Waals surface area contributed by atoms with Crippen LogP contribution in [-0.2, 0) is 7.05 Å². The third-order valence-electron chi connectivity index (χ3n) is 3.70. The van der Waals surface area contributed by atoms with Crippen molar-refractivity contribution < 1.29 is 0 Å². The van der Waals surface area contributed by atoms with Crippen molar-refractivity contribution in [3.8, 4) is 6.07 Å². The van der Waals surface area contributed by atoms with Crippen molar-refractivity contribution in [2.24, 2.45) is 13.0 Å². The molecule has 0 radical (unpaired) electrons. The van der Waals surface area contributed by atoms with E-state index in [1.165, 1.54) is 0 Å². The van der Waals surface area contributed by atoms with E-state index in [1.54, 1.807) is 0 Å². The second-order valence-corrected chi connectivity index (χ2v) is 5.01. The fourth-order valence-electron chi connectivity index (χ4n) is 2.24. The Kier molecular flexibility index (Phi) is 3.75. The van der Waals surface area contributed by atoms with Crippen LogP contribution in [0.2, 0.25) is 0 Å². The standard InChI is InChI=1S/C15H20N4/c1-5-12(9-16)10-18(3)13-6-7-15-14(8-13)17-11(2)19(15)4/h6-8,12H,5,10H2,1-4H3. The third-order valence-corrected chi connectivity index (χ3v) is 3.70. The molecule has 2 aromatic rings. The minimum atomic E-state index is 0.0752. The molecule has 0 saturated carbocycles. The van der Waals surface area contributed by atoms with Crippen molar-refractivity contribution in [3.63, 3.8) is 0 Å². The van der Waals surface area contributed by atoms with Crippen LogP contribution in [0.1, 0.15) is 19.2 Å². The topological polar surface area (TPSA) is 44.9 Å². The largest absolute Gasteiger partial charge is 0.373 e. The van der Waals surface area contributed by atoms with Crippen LogP contribution in [-0.4, -0.2) is 23.1 Å². The summed E-state index contributed by atoms with van der Waals surface area (Å²) in [6, 6.07) is 8.61. The zero-order valence-corrected chi connectivity index (χ0v) is 12.0. The van der Waals surface area contributed by atoms with Crippen molar-refractivity contribution in [3.05, 3.63) is 24.0 Å². The Balaban J connectivity index is 2.28. The van der Waals surface area contributed by atoms with E-state index >= 15 is 0 Å². The van der Waals surface area contributed by atoms with Gasteiger partial charge in [-0.3, -0.25) is 0 Å². The van der Waals surface area contributed by atoms with Crippen molar-refractivity contribution in [2.75, 3.05) is 18.5 Å². The molecule has 4 nitrogen and oxygen atoms in total. The number of aromatic nitrogens is 2. The number of imidazole rings is 1. The lowest BCUT2D eigenvalue weighted by Gasteiger charge is -2.21. The fraction of sp³-hybridized carbons (Fsp3) is 0.467. The second kappa shape index (κ2) is 5.31. The molecule has 1 aromatic heterocycles. The van der Waals surface area contributed by atoms with Crippen molar-refractivity contribution >= 4 is 16.7 Å². The molecule has 4 heteroatoms. The molecule has 1 heterocycles. The highest BCUT2D eigenvalue weighted by molar-refractivity contribution is 5.80.